The highest BCUT2D eigenvalue weighted by Crippen LogP contribution is 2.24. The van der Waals surface area contributed by atoms with Gasteiger partial charge in [0.05, 0.1) is 6.61 Å². The van der Waals surface area contributed by atoms with Gasteiger partial charge in [0, 0.05) is 16.5 Å². The van der Waals surface area contributed by atoms with Crippen molar-refractivity contribution in [1.82, 2.24) is 0 Å². The standard InChI is InChI=1S/C17H17BrO2/c1-3-20-14-8-9-15(16(18)11-14)17(19)10-13-6-4-12(2)5-7-13/h4-9,11H,3,10H2,1-2H3. The molecule has 0 aromatic heterocycles. The lowest BCUT2D eigenvalue weighted by atomic mass is 10.0. The number of Topliss-reactive ketones (excluding diaryl/α,β-unsaturated/α-hetero) is 1. The summed E-state index contributed by atoms with van der Waals surface area (Å²) in [6, 6.07) is 13.5. The molecular formula is C17H17BrO2. The van der Waals surface area contributed by atoms with Gasteiger partial charge in [-0.3, -0.25) is 4.79 Å². The van der Waals surface area contributed by atoms with Crippen molar-refractivity contribution in [2.75, 3.05) is 6.61 Å². The Labute approximate surface area is 127 Å². The lowest BCUT2D eigenvalue weighted by Crippen LogP contribution is -2.05. The number of carbonyl (C=O) groups is 1. The van der Waals surface area contributed by atoms with Crippen molar-refractivity contribution in [3.8, 4) is 5.75 Å². The Morgan fingerprint density at radius 2 is 1.85 bits per heavy atom. The summed E-state index contributed by atoms with van der Waals surface area (Å²) < 4.78 is 6.19. The second kappa shape index (κ2) is 6.71. The van der Waals surface area contributed by atoms with Crippen LogP contribution >= 0.6 is 15.9 Å². The number of ether oxygens (including phenoxy) is 1. The van der Waals surface area contributed by atoms with Crippen LogP contribution in [0, 0.1) is 6.92 Å². The van der Waals surface area contributed by atoms with E-state index in [4.69, 9.17) is 4.74 Å². The van der Waals surface area contributed by atoms with Gasteiger partial charge in [-0.1, -0.05) is 29.8 Å². The minimum Gasteiger partial charge on any atom is -0.494 e. The average Bonchev–Trinajstić information content (AvgIpc) is 2.42. The molecule has 0 heterocycles. The molecule has 2 rings (SSSR count). The van der Waals surface area contributed by atoms with Crippen LogP contribution in [0.15, 0.2) is 46.9 Å². The Morgan fingerprint density at radius 1 is 1.15 bits per heavy atom. The normalized spacial score (nSPS) is 10.3. The van der Waals surface area contributed by atoms with Crippen LogP contribution in [-0.2, 0) is 6.42 Å². The second-order valence-corrected chi connectivity index (χ2v) is 5.51. The van der Waals surface area contributed by atoms with Crippen LogP contribution in [0.5, 0.6) is 5.75 Å². The molecule has 0 aliphatic heterocycles. The zero-order chi connectivity index (χ0) is 14.5. The molecule has 0 N–H and O–H groups in total. The molecule has 0 amide bonds. The molecule has 0 bridgehead atoms. The first kappa shape index (κ1) is 14.8. The van der Waals surface area contributed by atoms with E-state index in [-0.39, 0.29) is 5.78 Å². The summed E-state index contributed by atoms with van der Waals surface area (Å²) in [5, 5.41) is 0. The first-order chi connectivity index (χ1) is 9.60. The van der Waals surface area contributed by atoms with Crippen molar-refractivity contribution < 1.29 is 9.53 Å². The number of ketones is 1. The van der Waals surface area contributed by atoms with E-state index in [1.165, 1.54) is 5.56 Å². The fourth-order valence-corrected chi connectivity index (χ4v) is 2.54. The van der Waals surface area contributed by atoms with E-state index < -0.39 is 0 Å². The van der Waals surface area contributed by atoms with Gasteiger partial charge in [-0.25, -0.2) is 0 Å². The zero-order valence-corrected chi connectivity index (χ0v) is 13.2. The van der Waals surface area contributed by atoms with Gasteiger partial charge in [0.1, 0.15) is 5.75 Å². The van der Waals surface area contributed by atoms with Crippen molar-refractivity contribution >= 4 is 21.7 Å². The van der Waals surface area contributed by atoms with Crippen molar-refractivity contribution in [2.24, 2.45) is 0 Å². The van der Waals surface area contributed by atoms with Gasteiger partial charge < -0.3 is 4.74 Å². The summed E-state index contributed by atoms with van der Waals surface area (Å²) in [4.78, 5) is 12.3. The maximum absolute atomic E-state index is 12.3. The van der Waals surface area contributed by atoms with Gasteiger partial charge in [-0.15, -0.1) is 0 Å². The van der Waals surface area contributed by atoms with Crippen LogP contribution in [0.25, 0.3) is 0 Å². The van der Waals surface area contributed by atoms with E-state index in [0.29, 0.717) is 18.6 Å². The van der Waals surface area contributed by atoms with E-state index in [2.05, 4.69) is 15.9 Å². The van der Waals surface area contributed by atoms with Crippen LogP contribution in [0.4, 0.5) is 0 Å². The van der Waals surface area contributed by atoms with Crippen LogP contribution < -0.4 is 4.74 Å². The van der Waals surface area contributed by atoms with E-state index in [9.17, 15) is 4.79 Å². The number of rotatable bonds is 5. The molecule has 0 atom stereocenters. The van der Waals surface area contributed by atoms with Crippen molar-refractivity contribution in [1.29, 1.82) is 0 Å². The Kier molecular flexibility index (Phi) is 4.96. The maximum atomic E-state index is 12.3. The van der Waals surface area contributed by atoms with Gasteiger partial charge in [0.2, 0.25) is 0 Å². The monoisotopic (exact) mass is 332 g/mol. The van der Waals surface area contributed by atoms with Crippen LogP contribution in [-0.4, -0.2) is 12.4 Å². The number of carbonyl (C=O) groups excluding carboxylic acids is 1. The molecule has 0 saturated carbocycles. The number of halogens is 1. The van der Waals surface area contributed by atoms with E-state index in [1.54, 1.807) is 0 Å². The van der Waals surface area contributed by atoms with Gasteiger partial charge in [0.25, 0.3) is 0 Å². The average molecular weight is 333 g/mol. The molecule has 0 spiro atoms. The fraction of sp³-hybridized carbons (Fsp3) is 0.235. The molecule has 0 unspecified atom stereocenters. The molecule has 104 valence electrons. The SMILES string of the molecule is CCOc1ccc(C(=O)Cc2ccc(C)cc2)c(Br)c1. The summed E-state index contributed by atoms with van der Waals surface area (Å²) in [5.74, 6) is 0.870. The van der Waals surface area contributed by atoms with Crippen molar-refractivity contribution in [2.45, 2.75) is 20.3 Å². The third-order valence-electron chi connectivity index (χ3n) is 3.04. The van der Waals surface area contributed by atoms with Crippen molar-refractivity contribution in [3.05, 3.63) is 63.6 Å². The summed E-state index contributed by atoms with van der Waals surface area (Å²) in [5.41, 5.74) is 2.92. The summed E-state index contributed by atoms with van der Waals surface area (Å²) >= 11 is 3.44. The fourth-order valence-electron chi connectivity index (χ4n) is 1.96. The summed E-state index contributed by atoms with van der Waals surface area (Å²) in [7, 11) is 0. The lowest BCUT2D eigenvalue weighted by molar-refractivity contribution is 0.0992. The highest BCUT2D eigenvalue weighted by molar-refractivity contribution is 9.10. The summed E-state index contributed by atoms with van der Waals surface area (Å²) in [6.45, 7) is 4.59. The van der Waals surface area contributed by atoms with Crippen molar-refractivity contribution in [3.63, 3.8) is 0 Å². The van der Waals surface area contributed by atoms with E-state index >= 15 is 0 Å². The lowest BCUT2D eigenvalue weighted by Gasteiger charge is -2.08. The zero-order valence-electron chi connectivity index (χ0n) is 11.7. The van der Waals surface area contributed by atoms with Crippen LogP contribution in [0.1, 0.15) is 28.4 Å². The van der Waals surface area contributed by atoms with Gasteiger partial charge >= 0.3 is 0 Å². The Bertz CT molecular complexity index is 603. The number of benzene rings is 2. The highest BCUT2D eigenvalue weighted by Gasteiger charge is 2.11. The molecule has 0 aliphatic carbocycles. The molecular weight excluding hydrogens is 316 g/mol. The molecule has 0 fully saturated rings. The largest absolute Gasteiger partial charge is 0.494 e. The molecule has 2 aromatic rings. The molecule has 0 saturated heterocycles. The Hall–Kier alpha value is -1.61. The molecule has 20 heavy (non-hydrogen) atoms. The maximum Gasteiger partial charge on any atom is 0.168 e. The first-order valence-corrected chi connectivity index (χ1v) is 7.40. The van der Waals surface area contributed by atoms with E-state index in [1.807, 2.05) is 56.3 Å². The predicted molar refractivity (Wildman–Crippen MR) is 84.5 cm³/mol. The van der Waals surface area contributed by atoms with Crippen LogP contribution in [0.3, 0.4) is 0 Å². The number of hydrogen-bond acceptors (Lipinski definition) is 2. The third kappa shape index (κ3) is 3.70. The molecule has 2 aromatic carbocycles. The third-order valence-corrected chi connectivity index (χ3v) is 3.69. The first-order valence-electron chi connectivity index (χ1n) is 6.61. The number of hydrogen-bond donors (Lipinski definition) is 0. The highest BCUT2D eigenvalue weighted by atomic mass is 79.9. The van der Waals surface area contributed by atoms with Gasteiger partial charge in [-0.2, -0.15) is 0 Å². The number of aryl methyl sites for hydroxylation is 1. The Morgan fingerprint density at radius 3 is 2.45 bits per heavy atom. The molecule has 0 aliphatic rings. The van der Waals surface area contributed by atoms with Gasteiger partial charge in [-0.05, 0) is 53.5 Å². The minimum absolute atomic E-state index is 0.101. The topological polar surface area (TPSA) is 26.3 Å². The minimum atomic E-state index is 0.101. The van der Waals surface area contributed by atoms with Gasteiger partial charge in [0.15, 0.2) is 5.78 Å². The van der Waals surface area contributed by atoms with E-state index in [0.717, 1.165) is 15.8 Å². The molecule has 3 heteroatoms. The second-order valence-electron chi connectivity index (χ2n) is 4.66. The Balaban J connectivity index is 2.14. The molecule has 0 radical (unpaired) electrons. The smallest absolute Gasteiger partial charge is 0.168 e. The quantitative estimate of drug-likeness (QED) is 0.749. The van der Waals surface area contributed by atoms with Crippen LogP contribution in [0.2, 0.25) is 0 Å². The molecule has 2 nitrogen and oxygen atoms in total. The predicted octanol–water partition coefficient (Wildman–Crippen LogP) is 4.58. The summed E-state index contributed by atoms with van der Waals surface area (Å²) in [6.07, 6.45) is 0.410.